The summed E-state index contributed by atoms with van der Waals surface area (Å²) in [6.07, 6.45) is 10.9. The Labute approximate surface area is 150 Å². The van der Waals surface area contributed by atoms with Gasteiger partial charge in [-0.25, -0.2) is 4.39 Å². The van der Waals surface area contributed by atoms with Gasteiger partial charge in [-0.05, 0) is 48.1 Å². The van der Waals surface area contributed by atoms with Gasteiger partial charge in [0.15, 0.2) is 0 Å². The van der Waals surface area contributed by atoms with E-state index in [4.69, 9.17) is 0 Å². The minimum Gasteiger partial charge on any atom is -0.207 e. The summed E-state index contributed by atoms with van der Waals surface area (Å²) >= 11 is 0. The van der Waals surface area contributed by atoms with Gasteiger partial charge in [0, 0.05) is 0 Å². The number of unbranched alkanes of at least 4 members (excludes halogenated alkanes) is 4. The summed E-state index contributed by atoms with van der Waals surface area (Å²) in [4.78, 5) is 0. The zero-order valence-corrected chi connectivity index (χ0v) is 15.2. The van der Waals surface area contributed by atoms with Crippen molar-refractivity contribution in [1.29, 1.82) is 0 Å². The number of hydrogen-bond acceptors (Lipinski definition) is 2. The highest BCUT2D eigenvalue weighted by molar-refractivity contribution is 5.82. The lowest BCUT2D eigenvalue weighted by Gasteiger charge is -2.02. The molecule has 0 radical (unpaired) electrons. The number of rotatable bonds is 9. The van der Waals surface area contributed by atoms with Crippen molar-refractivity contribution in [2.75, 3.05) is 0 Å². The van der Waals surface area contributed by atoms with Crippen molar-refractivity contribution in [3.05, 3.63) is 70.5 Å². The minimum absolute atomic E-state index is 0.224. The maximum atomic E-state index is 13.4. The van der Waals surface area contributed by atoms with E-state index in [1.807, 2.05) is 6.07 Å². The molecule has 0 aromatic heterocycles. The zero-order valence-electron chi connectivity index (χ0n) is 15.2. The third kappa shape index (κ3) is 7.00. The topological polar surface area (TPSA) is 24.7 Å². The normalized spacial score (nSPS) is 11.6. The van der Waals surface area contributed by atoms with E-state index in [-0.39, 0.29) is 5.82 Å². The van der Waals surface area contributed by atoms with Crippen LogP contribution in [-0.4, -0.2) is 12.4 Å². The van der Waals surface area contributed by atoms with Crippen molar-refractivity contribution in [3.8, 4) is 0 Å². The van der Waals surface area contributed by atoms with Gasteiger partial charge < -0.3 is 0 Å². The third-order valence-electron chi connectivity index (χ3n) is 4.22. The molecule has 0 N–H and O–H groups in total. The monoisotopic (exact) mass is 338 g/mol. The Morgan fingerprint density at radius 2 is 1.48 bits per heavy atom. The fraction of sp³-hybridized carbons (Fsp3) is 0.364. The second-order valence-electron chi connectivity index (χ2n) is 6.40. The molecular formula is C22H27FN2. The maximum Gasteiger partial charge on any atom is 0.126 e. The molecule has 132 valence electrons. The van der Waals surface area contributed by atoms with Crippen molar-refractivity contribution < 1.29 is 4.39 Å². The highest BCUT2D eigenvalue weighted by Gasteiger charge is 1.97. The van der Waals surface area contributed by atoms with E-state index in [0.29, 0.717) is 11.1 Å². The Balaban J connectivity index is 1.80. The number of halogens is 1. The molecule has 0 bridgehead atoms. The Kier molecular flexibility index (Phi) is 8.03. The van der Waals surface area contributed by atoms with Crippen LogP contribution < -0.4 is 0 Å². The average Bonchev–Trinajstić information content (AvgIpc) is 2.62. The molecule has 0 aliphatic carbocycles. The zero-order chi connectivity index (χ0) is 17.9. The lowest BCUT2D eigenvalue weighted by molar-refractivity contribution is 0.618. The van der Waals surface area contributed by atoms with Crippen molar-refractivity contribution >= 4 is 12.4 Å². The predicted molar refractivity (Wildman–Crippen MR) is 105 cm³/mol. The van der Waals surface area contributed by atoms with E-state index in [9.17, 15) is 4.39 Å². The van der Waals surface area contributed by atoms with Gasteiger partial charge in [0.1, 0.15) is 5.82 Å². The van der Waals surface area contributed by atoms with Gasteiger partial charge in [-0.1, -0.05) is 69.0 Å². The molecule has 2 aromatic rings. The van der Waals surface area contributed by atoms with Crippen LogP contribution in [-0.2, 0) is 6.42 Å². The molecule has 3 heteroatoms. The van der Waals surface area contributed by atoms with Gasteiger partial charge in [0.25, 0.3) is 0 Å². The minimum atomic E-state index is -0.224. The molecule has 0 saturated carbocycles. The van der Waals surface area contributed by atoms with Gasteiger partial charge in [-0.2, -0.15) is 10.2 Å². The Hall–Kier alpha value is -2.29. The van der Waals surface area contributed by atoms with Crippen LogP contribution in [0.4, 0.5) is 4.39 Å². The molecule has 2 rings (SSSR count). The molecule has 0 aliphatic rings. The smallest absolute Gasteiger partial charge is 0.126 e. The fourth-order valence-corrected chi connectivity index (χ4v) is 2.59. The quantitative estimate of drug-likeness (QED) is 0.300. The molecule has 0 atom stereocenters. The van der Waals surface area contributed by atoms with Gasteiger partial charge in [-0.3, -0.25) is 0 Å². The number of benzene rings is 2. The molecule has 0 aliphatic heterocycles. The highest BCUT2D eigenvalue weighted by atomic mass is 19.1. The van der Waals surface area contributed by atoms with Gasteiger partial charge >= 0.3 is 0 Å². The first-order chi connectivity index (χ1) is 12.2. The van der Waals surface area contributed by atoms with Gasteiger partial charge in [0.05, 0.1) is 12.4 Å². The van der Waals surface area contributed by atoms with Crippen molar-refractivity contribution in [2.45, 2.75) is 52.4 Å². The third-order valence-corrected chi connectivity index (χ3v) is 4.22. The summed E-state index contributed by atoms with van der Waals surface area (Å²) in [5.41, 5.74) is 3.72. The van der Waals surface area contributed by atoms with E-state index in [2.05, 4.69) is 41.4 Å². The van der Waals surface area contributed by atoms with E-state index < -0.39 is 0 Å². The van der Waals surface area contributed by atoms with Crippen LogP contribution in [0.2, 0.25) is 0 Å². The molecule has 0 spiro atoms. The first-order valence-electron chi connectivity index (χ1n) is 9.10. The average molecular weight is 338 g/mol. The van der Waals surface area contributed by atoms with E-state index >= 15 is 0 Å². The van der Waals surface area contributed by atoms with Crippen molar-refractivity contribution in [3.63, 3.8) is 0 Å². The standard InChI is InChI=1S/C22H27FN2/c1-3-4-5-6-7-8-19-11-13-20(14-12-19)16-24-25-17-21-10-9-18(2)22(23)15-21/h9-17H,3-8H2,1-2H3/b24-16+,25-17+. The first-order valence-corrected chi connectivity index (χ1v) is 9.10. The molecule has 2 nitrogen and oxygen atoms in total. The van der Waals surface area contributed by atoms with E-state index in [1.165, 1.54) is 43.7 Å². The first kappa shape index (κ1) is 19.0. The van der Waals surface area contributed by atoms with Crippen molar-refractivity contribution in [1.82, 2.24) is 0 Å². The van der Waals surface area contributed by atoms with Crippen LogP contribution in [0.25, 0.3) is 0 Å². The summed E-state index contributed by atoms with van der Waals surface area (Å²) in [7, 11) is 0. The Morgan fingerprint density at radius 1 is 0.840 bits per heavy atom. The number of nitrogens with zero attached hydrogens (tertiary/aromatic N) is 2. The summed E-state index contributed by atoms with van der Waals surface area (Å²) < 4.78 is 13.4. The SMILES string of the molecule is CCCCCCCc1ccc(/C=N/N=C/c2ccc(C)c(F)c2)cc1. The van der Waals surface area contributed by atoms with Crippen LogP contribution in [0.3, 0.4) is 0 Å². The fourth-order valence-electron chi connectivity index (χ4n) is 2.59. The molecular weight excluding hydrogens is 311 g/mol. The van der Waals surface area contributed by atoms with Crippen LogP contribution in [0, 0.1) is 12.7 Å². The molecule has 2 aromatic carbocycles. The van der Waals surface area contributed by atoms with E-state index in [0.717, 1.165) is 12.0 Å². The van der Waals surface area contributed by atoms with Crippen LogP contribution >= 0.6 is 0 Å². The molecule has 0 amide bonds. The van der Waals surface area contributed by atoms with Crippen LogP contribution in [0.1, 0.15) is 61.3 Å². The lowest BCUT2D eigenvalue weighted by atomic mass is 10.0. The summed E-state index contributed by atoms with van der Waals surface area (Å²) in [6.45, 7) is 3.98. The molecule has 25 heavy (non-hydrogen) atoms. The maximum absolute atomic E-state index is 13.4. The highest BCUT2D eigenvalue weighted by Crippen LogP contribution is 2.10. The lowest BCUT2D eigenvalue weighted by Crippen LogP contribution is -1.88. The van der Waals surface area contributed by atoms with Crippen LogP contribution in [0.5, 0.6) is 0 Å². The second kappa shape index (κ2) is 10.5. The van der Waals surface area contributed by atoms with Gasteiger partial charge in [0.2, 0.25) is 0 Å². The predicted octanol–water partition coefficient (Wildman–Crippen LogP) is 6.10. The second-order valence-corrected chi connectivity index (χ2v) is 6.40. The molecule has 0 unspecified atom stereocenters. The largest absolute Gasteiger partial charge is 0.207 e. The van der Waals surface area contributed by atoms with Crippen molar-refractivity contribution in [2.24, 2.45) is 10.2 Å². The molecule has 0 saturated heterocycles. The summed E-state index contributed by atoms with van der Waals surface area (Å²) in [6, 6.07) is 13.5. The van der Waals surface area contributed by atoms with E-state index in [1.54, 1.807) is 25.4 Å². The Bertz CT molecular complexity index is 702. The molecule has 0 fully saturated rings. The summed E-state index contributed by atoms with van der Waals surface area (Å²) in [5.74, 6) is -0.224. The Morgan fingerprint density at radius 3 is 2.16 bits per heavy atom. The molecule has 0 heterocycles. The van der Waals surface area contributed by atoms with Gasteiger partial charge in [-0.15, -0.1) is 0 Å². The summed E-state index contributed by atoms with van der Waals surface area (Å²) in [5, 5.41) is 8.02. The number of hydrogen-bond donors (Lipinski definition) is 0. The van der Waals surface area contributed by atoms with Crippen LogP contribution in [0.15, 0.2) is 52.7 Å². The number of aryl methyl sites for hydroxylation is 2.